The van der Waals surface area contributed by atoms with E-state index in [1.807, 2.05) is 0 Å². The van der Waals surface area contributed by atoms with Crippen molar-refractivity contribution in [1.82, 2.24) is 5.32 Å². The van der Waals surface area contributed by atoms with Crippen LogP contribution < -0.4 is 10.6 Å². The first kappa shape index (κ1) is 18.7. The maximum absolute atomic E-state index is 14.2. The van der Waals surface area contributed by atoms with Gasteiger partial charge in [-0.2, -0.15) is 0 Å². The van der Waals surface area contributed by atoms with Crippen LogP contribution in [0.15, 0.2) is 18.2 Å². The van der Waals surface area contributed by atoms with Crippen LogP contribution in [0, 0.1) is 5.82 Å². The highest BCUT2D eigenvalue weighted by Crippen LogP contribution is 2.29. The summed E-state index contributed by atoms with van der Waals surface area (Å²) in [5.41, 5.74) is 0.104. The predicted octanol–water partition coefficient (Wildman–Crippen LogP) is 3.48. The van der Waals surface area contributed by atoms with Crippen molar-refractivity contribution in [3.63, 3.8) is 0 Å². The Labute approximate surface area is 142 Å². The third-order valence-electron chi connectivity index (χ3n) is 4.15. The van der Waals surface area contributed by atoms with Crippen LogP contribution >= 0.6 is 0 Å². The van der Waals surface area contributed by atoms with E-state index in [-0.39, 0.29) is 11.4 Å². The lowest BCUT2D eigenvalue weighted by molar-refractivity contribution is -0.0338. The first-order valence-corrected chi connectivity index (χ1v) is 8.27. The normalized spacial score (nSPS) is 17.4. The number of hydrogen-bond acceptors (Lipinski definition) is 4. The average Bonchev–Trinajstić information content (AvgIpc) is 2.50. The molecule has 1 aromatic rings. The lowest BCUT2D eigenvalue weighted by atomic mass is 9.85. The maximum Gasteiger partial charge on any atom is 0.412 e. The Kier molecular flexibility index (Phi) is 5.83. The number of carbonyl (C=O) groups is 1. The van der Waals surface area contributed by atoms with E-state index in [9.17, 15) is 9.18 Å². The van der Waals surface area contributed by atoms with Gasteiger partial charge in [0.15, 0.2) is 0 Å². The molecule has 1 amide bonds. The van der Waals surface area contributed by atoms with Gasteiger partial charge >= 0.3 is 6.09 Å². The molecule has 2 N–H and O–H groups in total. The minimum absolute atomic E-state index is 0.292. The van der Waals surface area contributed by atoms with E-state index in [1.165, 1.54) is 12.1 Å². The summed E-state index contributed by atoms with van der Waals surface area (Å²) in [6, 6.07) is 4.55. The van der Waals surface area contributed by atoms with Gasteiger partial charge in [0, 0.05) is 19.2 Å². The van der Waals surface area contributed by atoms with E-state index in [1.54, 1.807) is 33.9 Å². The molecule has 134 valence electrons. The van der Waals surface area contributed by atoms with E-state index in [2.05, 4.69) is 10.6 Å². The summed E-state index contributed by atoms with van der Waals surface area (Å²) in [5, 5.41) is 5.94. The molecular weight excluding hydrogens is 311 g/mol. The number of piperidine rings is 1. The van der Waals surface area contributed by atoms with Crippen molar-refractivity contribution in [2.45, 2.75) is 51.2 Å². The molecule has 1 aliphatic heterocycles. The first-order chi connectivity index (χ1) is 11.2. The van der Waals surface area contributed by atoms with Crippen molar-refractivity contribution in [2.75, 3.05) is 25.5 Å². The highest BCUT2D eigenvalue weighted by Gasteiger charge is 2.33. The van der Waals surface area contributed by atoms with Gasteiger partial charge in [0.1, 0.15) is 11.4 Å². The Morgan fingerprint density at radius 1 is 1.33 bits per heavy atom. The molecule has 6 heteroatoms. The Morgan fingerprint density at radius 2 is 2.00 bits per heavy atom. The lowest BCUT2D eigenvalue weighted by Crippen LogP contribution is -2.45. The molecule has 24 heavy (non-hydrogen) atoms. The molecule has 2 rings (SSSR count). The van der Waals surface area contributed by atoms with Crippen LogP contribution in [0.5, 0.6) is 0 Å². The van der Waals surface area contributed by atoms with Crippen LogP contribution in [-0.2, 0) is 15.9 Å². The molecule has 0 spiro atoms. The minimum Gasteiger partial charge on any atom is -0.444 e. The summed E-state index contributed by atoms with van der Waals surface area (Å²) in [4.78, 5) is 11.9. The van der Waals surface area contributed by atoms with Gasteiger partial charge in [-0.05, 0) is 70.5 Å². The van der Waals surface area contributed by atoms with Crippen molar-refractivity contribution in [1.29, 1.82) is 0 Å². The van der Waals surface area contributed by atoms with Crippen molar-refractivity contribution in [2.24, 2.45) is 0 Å². The van der Waals surface area contributed by atoms with Gasteiger partial charge in [0.05, 0.1) is 5.60 Å². The van der Waals surface area contributed by atoms with Gasteiger partial charge in [-0.15, -0.1) is 0 Å². The standard InChI is InChI=1S/C18H27FN2O3/c1-17(2,3)24-16(22)21-14-5-6-15(19)13(11-14)12-18(23-4)7-9-20-10-8-18/h5-6,11,20H,7-10,12H2,1-4H3,(H,21,22). The number of benzene rings is 1. The molecule has 1 aromatic carbocycles. The molecule has 0 radical (unpaired) electrons. The molecule has 0 atom stereocenters. The summed E-state index contributed by atoms with van der Waals surface area (Å²) in [5.74, 6) is -0.292. The quantitative estimate of drug-likeness (QED) is 0.882. The van der Waals surface area contributed by atoms with E-state index in [0.29, 0.717) is 17.7 Å². The predicted molar refractivity (Wildman–Crippen MR) is 91.8 cm³/mol. The van der Waals surface area contributed by atoms with E-state index < -0.39 is 11.7 Å². The molecule has 1 aliphatic rings. The minimum atomic E-state index is -0.581. The second-order valence-electron chi connectivity index (χ2n) is 7.25. The smallest absolute Gasteiger partial charge is 0.412 e. The van der Waals surface area contributed by atoms with Gasteiger partial charge in [-0.3, -0.25) is 5.32 Å². The number of ether oxygens (including phenoxy) is 2. The van der Waals surface area contributed by atoms with E-state index in [0.717, 1.165) is 25.9 Å². The fourth-order valence-electron chi connectivity index (χ4n) is 2.89. The second kappa shape index (κ2) is 7.49. The zero-order chi connectivity index (χ0) is 17.8. The number of rotatable bonds is 4. The molecule has 0 bridgehead atoms. The molecule has 1 fully saturated rings. The van der Waals surface area contributed by atoms with Crippen LogP contribution in [0.3, 0.4) is 0 Å². The van der Waals surface area contributed by atoms with Crippen molar-refractivity contribution < 1.29 is 18.7 Å². The summed E-state index contributed by atoms with van der Waals surface area (Å²) in [7, 11) is 1.67. The number of hydrogen-bond donors (Lipinski definition) is 2. The van der Waals surface area contributed by atoms with Crippen LogP contribution in [0.25, 0.3) is 0 Å². The largest absolute Gasteiger partial charge is 0.444 e. The summed E-state index contributed by atoms with van der Waals surface area (Å²) < 4.78 is 25.2. The average molecular weight is 338 g/mol. The zero-order valence-corrected chi connectivity index (χ0v) is 14.9. The summed E-state index contributed by atoms with van der Waals surface area (Å²) in [6.45, 7) is 7.09. The van der Waals surface area contributed by atoms with Crippen LogP contribution in [0.4, 0.5) is 14.9 Å². The lowest BCUT2D eigenvalue weighted by Gasteiger charge is -2.36. The van der Waals surface area contributed by atoms with Gasteiger partial charge in [0.25, 0.3) is 0 Å². The van der Waals surface area contributed by atoms with E-state index >= 15 is 0 Å². The number of amides is 1. The SMILES string of the molecule is COC1(Cc2cc(NC(=O)OC(C)(C)C)ccc2F)CCNCC1. The molecule has 0 saturated carbocycles. The molecule has 1 saturated heterocycles. The Morgan fingerprint density at radius 3 is 2.58 bits per heavy atom. The van der Waals surface area contributed by atoms with Gasteiger partial charge < -0.3 is 14.8 Å². The number of anilines is 1. The van der Waals surface area contributed by atoms with E-state index in [4.69, 9.17) is 9.47 Å². The van der Waals surface area contributed by atoms with Crippen LogP contribution in [-0.4, -0.2) is 37.5 Å². The molecule has 0 aromatic heterocycles. The van der Waals surface area contributed by atoms with Gasteiger partial charge in [-0.25, -0.2) is 9.18 Å². The molecule has 0 unspecified atom stereocenters. The topological polar surface area (TPSA) is 59.6 Å². The summed E-state index contributed by atoms with van der Waals surface area (Å²) in [6.07, 6.45) is 1.57. The Bertz CT molecular complexity index is 578. The Balaban J connectivity index is 2.12. The van der Waals surface area contributed by atoms with Crippen LogP contribution in [0.1, 0.15) is 39.2 Å². The van der Waals surface area contributed by atoms with Crippen molar-refractivity contribution in [3.05, 3.63) is 29.6 Å². The van der Waals surface area contributed by atoms with Gasteiger partial charge in [0.2, 0.25) is 0 Å². The number of halogens is 1. The summed E-state index contributed by atoms with van der Waals surface area (Å²) >= 11 is 0. The number of carbonyl (C=O) groups excluding carboxylic acids is 1. The fourth-order valence-corrected chi connectivity index (χ4v) is 2.89. The highest BCUT2D eigenvalue weighted by molar-refractivity contribution is 5.84. The number of nitrogens with one attached hydrogen (secondary N) is 2. The fraction of sp³-hybridized carbons (Fsp3) is 0.611. The van der Waals surface area contributed by atoms with Crippen molar-refractivity contribution in [3.8, 4) is 0 Å². The first-order valence-electron chi connectivity index (χ1n) is 8.27. The third-order valence-corrected chi connectivity index (χ3v) is 4.15. The van der Waals surface area contributed by atoms with Gasteiger partial charge in [-0.1, -0.05) is 0 Å². The third kappa shape index (κ3) is 5.18. The molecule has 0 aliphatic carbocycles. The second-order valence-corrected chi connectivity index (χ2v) is 7.25. The monoisotopic (exact) mass is 338 g/mol. The van der Waals surface area contributed by atoms with Crippen LogP contribution in [0.2, 0.25) is 0 Å². The molecule has 1 heterocycles. The van der Waals surface area contributed by atoms with Crippen molar-refractivity contribution >= 4 is 11.8 Å². The molecule has 5 nitrogen and oxygen atoms in total. The Hall–Kier alpha value is -1.66. The highest BCUT2D eigenvalue weighted by atomic mass is 19.1. The number of methoxy groups -OCH3 is 1. The maximum atomic E-state index is 14.2. The molecular formula is C18H27FN2O3. The zero-order valence-electron chi connectivity index (χ0n) is 14.9.